The second-order valence-corrected chi connectivity index (χ2v) is 12.2. The fourth-order valence-corrected chi connectivity index (χ4v) is 7.55. The van der Waals surface area contributed by atoms with Gasteiger partial charge in [0.05, 0.1) is 12.0 Å². The summed E-state index contributed by atoms with van der Waals surface area (Å²) in [5, 5.41) is 9.10. The molecule has 9 aromatic rings. The molecule has 4 heteroatoms. The van der Waals surface area contributed by atoms with Crippen molar-refractivity contribution in [2.45, 2.75) is 0 Å². The van der Waals surface area contributed by atoms with Crippen LogP contribution in [0.3, 0.4) is 0 Å². The Balaban J connectivity index is 1.29. The monoisotopic (exact) mass is 605 g/mol. The molecule has 0 bridgehead atoms. The van der Waals surface area contributed by atoms with Gasteiger partial charge in [-0.05, 0) is 79.8 Å². The molecule has 0 fully saturated rings. The molecule has 0 N–H and O–H groups in total. The van der Waals surface area contributed by atoms with Crippen molar-refractivity contribution in [3.8, 4) is 55.3 Å². The maximum absolute atomic E-state index is 6.43. The lowest BCUT2D eigenvalue weighted by atomic mass is 9.87. The van der Waals surface area contributed by atoms with Crippen molar-refractivity contribution in [3.05, 3.63) is 158 Å². The van der Waals surface area contributed by atoms with E-state index in [1.54, 1.807) is 23.8 Å². The third-order valence-electron chi connectivity index (χ3n) is 8.67. The van der Waals surface area contributed by atoms with Crippen LogP contribution in [0.25, 0.3) is 87.6 Å². The van der Waals surface area contributed by atoms with Crippen LogP contribution in [0.2, 0.25) is 0 Å². The number of fused-ring (bicyclic) bond motifs is 3. The van der Waals surface area contributed by atoms with Crippen molar-refractivity contribution >= 4 is 43.7 Å². The van der Waals surface area contributed by atoms with Crippen LogP contribution in [-0.4, -0.2) is 9.97 Å². The predicted octanol–water partition coefficient (Wildman–Crippen LogP) is 11.7. The van der Waals surface area contributed by atoms with Gasteiger partial charge in [-0.25, -0.2) is 0 Å². The Morgan fingerprint density at radius 1 is 0.630 bits per heavy atom. The predicted molar refractivity (Wildman–Crippen MR) is 191 cm³/mol. The van der Waals surface area contributed by atoms with Gasteiger partial charge in [0, 0.05) is 56.7 Å². The zero-order valence-electron chi connectivity index (χ0n) is 24.6. The number of rotatable bonds is 5. The highest BCUT2D eigenvalue weighted by Crippen LogP contribution is 2.47. The number of hydrogen-bond donors (Lipinski definition) is 0. The topological polar surface area (TPSA) is 38.9 Å². The second-order valence-electron chi connectivity index (χ2n) is 11.3. The molecule has 0 amide bonds. The first-order valence-electron chi connectivity index (χ1n) is 15.2. The largest absolute Gasteiger partial charge is 0.464 e. The summed E-state index contributed by atoms with van der Waals surface area (Å²) in [5.41, 5.74) is 8.39. The van der Waals surface area contributed by atoms with Crippen LogP contribution >= 0.6 is 11.3 Å². The minimum Gasteiger partial charge on any atom is -0.464 e. The van der Waals surface area contributed by atoms with E-state index in [1.165, 1.54) is 16.2 Å². The number of benzene rings is 5. The molecule has 0 spiro atoms. The van der Waals surface area contributed by atoms with Crippen LogP contribution < -0.4 is 0 Å². The number of furan rings is 1. The molecule has 3 nitrogen and oxygen atoms in total. The summed E-state index contributed by atoms with van der Waals surface area (Å²) in [7, 11) is 0. The van der Waals surface area contributed by atoms with Crippen LogP contribution in [0, 0.1) is 6.07 Å². The van der Waals surface area contributed by atoms with Crippen molar-refractivity contribution in [1.82, 2.24) is 9.97 Å². The number of aromatic nitrogens is 2. The normalized spacial score (nSPS) is 11.5. The fourth-order valence-electron chi connectivity index (χ4n) is 6.63. The summed E-state index contributed by atoms with van der Waals surface area (Å²) in [5.74, 6) is 0.838. The quantitative estimate of drug-likeness (QED) is 0.183. The van der Waals surface area contributed by atoms with E-state index in [9.17, 15) is 0 Å². The molecule has 5 aromatic carbocycles. The molecule has 0 aliphatic heterocycles. The molecule has 9 rings (SSSR count). The highest BCUT2D eigenvalue weighted by Gasteiger charge is 2.23. The standard InChI is InChI=1S/C42H25N2OS/c1-2-9-28-24-31(17-16-27(28)8-1)38-33-13-4-3-10-29(33)25-30-11-5-14-35(39(30)38)41-37(18-22-45-41)42-36(19-23-46-42)40-34(15-7-21-44-40)32-12-6-20-43-26-32/h1-23,25-26H. The molecule has 0 saturated carbocycles. The van der Waals surface area contributed by atoms with Gasteiger partial charge in [0.25, 0.3) is 0 Å². The molecule has 0 aliphatic rings. The Morgan fingerprint density at radius 2 is 1.48 bits per heavy atom. The van der Waals surface area contributed by atoms with Crippen molar-refractivity contribution in [2.75, 3.05) is 0 Å². The Kier molecular flexibility index (Phi) is 6.32. The van der Waals surface area contributed by atoms with Crippen LogP contribution in [-0.2, 0) is 0 Å². The van der Waals surface area contributed by atoms with Crippen molar-refractivity contribution in [1.29, 1.82) is 0 Å². The first-order valence-corrected chi connectivity index (χ1v) is 16.1. The molecule has 0 saturated heterocycles. The van der Waals surface area contributed by atoms with Crippen LogP contribution in [0.15, 0.2) is 156 Å². The minimum absolute atomic E-state index is 0.838. The molecule has 1 radical (unpaired) electrons. The lowest BCUT2D eigenvalue weighted by molar-refractivity contribution is 0.583. The Bertz CT molecular complexity index is 2540. The van der Waals surface area contributed by atoms with E-state index in [2.05, 4.69) is 126 Å². The summed E-state index contributed by atoms with van der Waals surface area (Å²) in [6.07, 6.45) is 7.34. The third kappa shape index (κ3) is 4.34. The number of pyridine rings is 2. The zero-order valence-corrected chi connectivity index (χ0v) is 25.5. The number of thiophene rings is 1. The summed E-state index contributed by atoms with van der Waals surface area (Å²) < 4.78 is 6.43. The maximum atomic E-state index is 6.43. The van der Waals surface area contributed by atoms with E-state index in [0.29, 0.717) is 0 Å². The SMILES string of the molecule is [c]1c(-c2c3ccccc3cc3cccc(-c4occc4-c4sccc4-c4ncccc4-c4cccnc4)c23)ccc2ccccc12. The van der Waals surface area contributed by atoms with Crippen molar-refractivity contribution < 1.29 is 4.42 Å². The van der Waals surface area contributed by atoms with Gasteiger partial charge < -0.3 is 4.42 Å². The molecule has 46 heavy (non-hydrogen) atoms. The molecule has 4 aromatic heterocycles. The third-order valence-corrected chi connectivity index (χ3v) is 9.62. The van der Waals surface area contributed by atoms with Crippen molar-refractivity contribution in [3.63, 3.8) is 0 Å². The Morgan fingerprint density at radius 3 is 2.41 bits per heavy atom. The van der Waals surface area contributed by atoms with Gasteiger partial charge in [0.1, 0.15) is 5.76 Å². The average molecular weight is 606 g/mol. The molecular weight excluding hydrogens is 581 g/mol. The number of nitrogens with zero attached hydrogens (tertiary/aromatic N) is 2. The molecular formula is C42H25N2OS. The van der Waals surface area contributed by atoms with Gasteiger partial charge in [-0.1, -0.05) is 91.0 Å². The summed E-state index contributed by atoms with van der Waals surface area (Å²) in [4.78, 5) is 10.4. The molecule has 0 unspecified atom stereocenters. The average Bonchev–Trinajstić information content (AvgIpc) is 3.81. The van der Waals surface area contributed by atoms with Gasteiger partial charge >= 0.3 is 0 Å². The van der Waals surface area contributed by atoms with E-state index in [1.807, 2.05) is 24.5 Å². The molecule has 0 aliphatic carbocycles. The van der Waals surface area contributed by atoms with Crippen molar-refractivity contribution in [2.24, 2.45) is 0 Å². The Labute approximate surface area is 270 Å². The maximum Gasteiger partial charge on any atom is 0.143 e. The first-order chi connectivity index (χ1) is 22.8. The van der Waals surface area contributed by atoms with Crippen LogP contribution in [0.5, 0.6) is 0 Å². The molecule has 215 valence electrons. The van der Waals surface area contributed by atoms with E-state index in [-0.39, 0.29) is 0 Å². The molecule has 0 atom stereocenters. The number of hydrogen-bond acceptors (Lipinski definition) is 4. The van der Waals surface area contributed by atoms with Gasteiger partial charge in [-0.3, -0.25) is 9.97 Å². The lowest BCUT2D eigenvalue weighted by Gasteiger charge is -2.16. The van der Waals surface area contributed by atoms with E-state index in [0.717, 1.165) is 71.4 Å². The smallest absolute Gasteiger partial charge is 0.143 e. The summed E-state index contributed by atoms with van der Waals surface area (Å²) in [6, 6.07) is 46.3. The van der Waals surface area contributed by atoms with Gasteiger partial charge in [-0.2, -0.15) is 0 Å². The minimum atomic E-state index is 0.838. The van der Waals surface area contributed by atoms with Gasteiger partial charge in [0.15, 0.2) is 0 Å². The first kappa shape index (κ1) is 26.6. The fraction of sp³-hybridized carbons (Fsp3) is 0. The van der Waals surface area contributed by atoms with Gasteiger partial charge in [-0.15, -0.1) is 11.3 Å². The summed E-state index contributed by atoms with van der Waals surface area (Å²) in [6.45, 7) is 0. The molecule has 4 heterocycles. The Hall–Kier alpha value is -5.84. The summed E-state index contributed by atoms with van der Waals surface area (Å²) >= 11 is 1.70. The van der Waals surface area contributed by atoms with Crippen LogP contribution in [0.1, 0.15) is 0 Å². The van der Waals surface area contributed by atoms with E-state index in [4.69, 9.17) is 9.40 Å². The van der Waals surface area contributed by atoms with Crippen LogP contribution in [0.4, 0.5) is 0 Å². The highest BCUT2D eigenvalue weighted by atomic mass is 32.1. The lowest BCUT2D eigenvalue weighted by Crippen LogP contribution is -1.91. The zero-order chi connectivity index (χ0) is 30.5. The van der Waals surface area contributed by atoms with E-state index >= 15 is 0 Å². The highest BCUT2D eigenvalue weighted by molar-refractivity contribution is 7.14. The van der Waals surface area contributed by atoms with Gasteiger partial charge in [0.2, 0.25) is 0 Å². The second kappa shape index (κ2) is 11.0. The van der Waals surface area contributed by atoms with E-state index < -0.39 is 0 Å².